The van der Waals surface area contributed by atoms with Gasteiger partial charge < -0.3 is 5.11 Å². The third-order valence-corrected chi connectivity index (χ3v) is 5.00. The Bertz CT molecular complexity index is 683. The Labute approximate surface area is 120 Å². The first-order chi connectivity index (χ1) is 9.53. The molecule has 1 aliphatic rings. The van der Waals surface area contributed by atoms with E-state index < -0.39 is 5.97 Å². The minimum absolute atomic E-state index is 0.0331. The molecule has 4 nitrogen and oxygen atoms in total. The highest BCUT2D eigenvalue weighted by Crippen LogP contribution is 2.54. The van der Waals surface area contributed by atoms with Gasteiger partial charge in [-0.25, -0.2) is 9.78 Å². The molecule has 5 heteroatoms. The molecule has 0 atom stereocenters. The zero-order chi connectivity index (χ0) is 14.3. The number of carbonyl (C=O) groups excluding carboxylic acids is 1. The molecule has 1 heterocycles. The van der Waals surface area contributed by atoms with Gasteiger partial charge in [-0.15, -0.1) is 11.3 Å². The summed E-state index contributed by atoms with van der Waals surface area (Å²) in [5.41, 5.74) is 1.25. The lowest BCUT2D eigenvalue weighted by Crippen LogP contribution is -2.08. The average Bonchev–Trinajstić information content (AvgIpc) is 3.08. The second kappa shape index (κ2) is 4.52. The van der Waals surface area contributed by atoms with Gasteiger partial charge in [0.15, 0.2) is 5.78 Å². The van der Waals surface area contributed by atoms with Crippen molar-refractivity contribution in [3.8, 4) is 0 Å². The number of benzene rings is 1. The van der Waals surface area contributed by atoms with Crippen LogP contribution in [0.2, 0.25) is 0 Å². The van der Waals surface area contributed by atoms with Crippen molar-refractivity contribution in [1.82, 2.24) is 4.98 Å². The highest BCUT2D eigenvalue weighted by atomic mass is 32.1. The summed E-state index contributed by atoms with van der Waals surface area (Å²) in [5.74, 6) is -0.889. The van der Waals surface area contributed by atoms with Crippen LogP contribution < -0.4 is 0 Å². The molecular formula is C15H13NO3S. The Morgan fingerprint density at radius 3 is 2.35 bits per heavy atom. The SMILES string of the molecule is CC(=O)c1cnc(C2(c3ccc(C(=O)O)cc3)CC2)s1. The van der Waals surface area contributed by atoms with E-state index in [9.17, 15) is 9.59 Å². The fourth-order valence-electron chi connectivity index (χ4n) is 2.34. The van der Waals surface area contributed by atoms with Gasteiger partial charge in [0.05, 0.1) is 10.4 Å². The molecule has 0 spiro atoms. The fourth-order valence-corrected chi connectivity index (χ4v) is 3.42. The van der Waals surface area contributed by atoms with E-state index in [4.69, 9.17) is 5.11 Å². The first-order valence-electron chi connectivity index (χ1n) is 6.34. The van der Waals surface area contributed by atoms with Gasteiger partial charge in [0.1, 0.15) is 5.01 Å². The van der Waals surface area contributed by atoms with E-state index in [1.165, 1.54) is 11.3 Å². The Balaban J connectivity index is 1.95. The minimum atomic E-state index is -0.922. The molecule has 0 unspecified atom stereocenters. The molecule has 1 fully saturated rings. The van der Waals surface area contributed by atoms with Crippen LogP contribution in [0.4, 0.5) is 0 Å². The Kier molecular flexibility index (Phi) is 2.94. The highest BCUT2D eigenvalue weighted by molar-refractivity contribution is 7.13. The number of rotatable bonds is 4. The van der Waals surface area contributed by atoms with Crippen molar-refractivity contribution in [3.63, 3.8) is 0 Å². The predicted octanol–water partition coefficient (Wildman–Crippen LogP) is 3.12. The Hall–Kier alpha value is -2.01. The summed E-state index contributed by atoms with van der Waals surface area (Å²) in [6.45, 7) is 1.54. The van der Waals surface area contributed by atoms with Crippen molar-refractivity contribution >= 4 is 23.1 Å². The van der Waals surface area contributed by atoms with Gasteiger partial charge in [-0.3, -0.25) is 4.79 Å². The minimum Gasteiger partial charge on any atom is -0.478 e. The summed E-state index contributed by atoms with van der Waals surface area (Å²) in [6, 6.07) is 6.95. The smallest absolute Gasteiger partial charge is 0.335 e. The van der Waals surface area contributed by atoms with Crippen molar-refractivity contribution in [2.45, 2.75) is 25.2 Å². The van der Waals surface area contributed by atoms with Crippen molar-refractivity contribution in [2.75, 3.05) is 0 Å². The molecule has 2 aromatic rings. The standard InChI is InChI=1S/C15H13NO3S/c1-9(17)12-8-16-14(20-12)15(6-7-15)11-4-2-10(3-5-11)13(18)19/h2-5,8H,6-7H2,1H3,(H,18,19). The molecule has 1 saturated carbocycles. The fraction of sp³-hybridized carbons (Fsp3) is 0.267. The second-order valence-corrected chi connectivity index (χ2v) is 6.08. The lowest BCUT2D eigenvalue weighted by molar-refractivity contribution is 0.0696. The van der Waals surface area contributed by atoms with E-state index in [1.807, 2.05) is 12.1 Å². The number of Topliss-reactive ketones (excluding diaryl/α,β-unsaturated/α-hetero) is 1. The van der Waals surface area contributed by atoms with Crippen LogP contribution in [0.5, 0.6) is 0 Å². The van der Waals surface area contributed by atoms with E-state index in [2.05, 4.69) is 4.98 Å². The number of nitrogens with zero attached hydrogens (tertiary/aromatic N) is 1. The molecule has 0 radical (unpaired) electrons. The van der Waals surface area contributed by atoms with Gasteiger partial charge in [0.2, 0.25) is 0 Å². The van der Waals surface area contributed by atoms with E-state index in [-0.39, 0.29) is 16.8 Å². The molecule has 3 rings (SSSR count). The van der Waals surface area contributed by atoms with Crippen LogP contribution >= 0.6 is 11.3 Å². The van der Waals surface area contributed by atoms with Crippen LogP contribution in [0.15, 0.2) is 30.5 Å². The van der Waals surface area contributed by atoms with Crippen molar-refractivity contribution in [1.29, 1.82) is 0 Å². The molecule has 1 N–H and O–H groups in total. The van der Waals surface area contributed by atoms with Crippen molar-refractivity contribution < 1.29 is 14.7 Å². The maximum atomic E-state index is 11.4. The molecular weight excluding hydrogens is 274 g/mol. The average molecular weight is 287 g/mol. The van der Waals surface area contributed by atoms with Gasteiger partial charge in [0.25, 0.3) is 0 Å². The van der Waals surface area contributed by atoms with Crippen LogP contribution in [0.3, 0.4) is 0 Å². The van der Waals surface area contributed by atoms with E-state index >= 15 is 0 Å². The van der Waals surface area contributed by atoms with E-state index in [0.717, 1.165) is 23.4 Å². The summed E-state index contributed by atoms with van der Waals surface area (Å²) < 4.78 is 0. The maximum Gasteiger partial charge on any atom is 0.335 e. The molecule has 1 aliphatic carbocycles. The lowest BCUT2D eigenvalue weighted by atomic mass is 9.96. The monoisotopic (exact) mass is 287 g/mol. The number of carbonyl (C=O) groups is 2. The number of aromatic nitrogens is 1. The van der Waals surface area contributed by atoms with Crippen LogP contribution in [0.1, 0.15) is 50.4 Å². The van der Waals surface area contributed by atoms with E-state index in [0.29, 0.717) is 4.88 Å². The van der Waals surface area contributed by atoms with Gasteiger partial charge in [0, 0.05) is 18.5 Å². The number of hydrogen-bond acceptors (Lipinski definition) is 4. The second-order valence-electron chi connectivity index (χ2n) is 5.05. The zero-order valence-corrected chi connectivity index (χ0v) is 11.7. The third kappa shape index (κ3) is 2.04. The highest BCUT2D eigenvalue weighted by Gasteiger charge is 2.48. The molecule has 1 aromatic carbocycles. The number of carboxylic acids is 1. The number of aromatic carboxylic acids is 1. The number of thiazole rings is 1. The molecule has 1 aromatic heterocycles. The van der Waals surface area contributed by atoms with Crippen LogP contribution in [0, 0.1) is 0 Å². The lowest BCUT2D eigenvalue weighted by Gasteiger charge is -2.12. The molecule has 20 heavy (non-hydrogen) atoms. The van der Waals surface area contributed by atoms with Crippen LogP contribution in [-0.2, 0) is 5.41 Å². The topological polar surface area (TPSA) is 67.3 Å². The largest absolute Gasteiger partial charge is 0.478 e. The number of hydrogen-bond donors (Lipinski definition) is 1. The molecule has 0 saturated heterocycles. The van der Waals surface area contributed by atoms with Gasteiger partial charge in [-0.2, -0.15) is 0 Å². The van der Waals surface area contributed by atoms with Crippen molar-refractivity contribution in [3.05, 3.63) is 51.5 Å². The molecule has 0 aliphatic heterocycles. The Morgan fingerprint density at radius 2 is 1.90 bits per heavy atom. The summed E-state index contributed by atoms with van der Waals surface area (Å²) in [7, 11) is 0. The number of carboxylic acid groups (broad SMARTS) is 1. The molecule has 0 amide bonds. The van der Waals surface area contributed by atoms with E-state index in [1.54, 1.807) is 25.3 Å². The number of ketones is 1. The third-order valence-electron chi connectivity index (χ3n) is 3.70. The molecule has 0 bridgehead atoms. The van der Waals surface area contributed by atoms with Gasteiger partial charge in [-0.05, 0) is 30.5 Å². The summed E-state index contributed by atoms with van der Waals surface area (Å²) in [4.78, 5) is 27.3. The summed E-state index contributed by atoms with van der Waals surface area (Å²) in [6.07, 6.45) is 3.61. The van der Waals surface area contributed by atoms with Crippen LogP contribution in [-0.4, -0.2) is 21.8 Å². The summed E-state index contributed by atoms with van der Waals surface area (Å²) >= 11 is 1.44. The van der Waals surface area contributed by atoms with Crippen LogP contribution in [0.25, 0.3) is 0 Å². The predicted molar refractivity (Wildman–Crippen MR) is 75.5 cm³/mol. The van der Waals surface area contributed by atoms with Gasteiger partial charge >= 0.3 is 5.97 Å². The van der Waals surface area contributed by atoms with Crippen molar-refractivity contribution in [2.24, 2.45) is 0 Å². The molecule has 102 valence electrons. The maximum absolute atomic E-state index is 11.4. The normalized spacial score (nSPS) is 15.8. The first-order valence-corrected chi connectivity index (χ1v) is 7.16. The Morgan fingerprint density at radius 1 is 1.25 bits per heavy atom. The zero-order valence-electron chi connectivity index (χ0n) is 10.9. The summed E-state index contributed by atoms with van der Waals surface area (Å²) in [5, 5.41) is 9.88. The quantitative estimate of drug-likeness (QED) is 0.877. The van der Waals surface area contributed by atoms with Gasteiger partial charge in [-0.1, -0.05) is 12.1 Å². The first kappa shape index (κ1) is 13.0.